The number of para-hydroxylation sites is 1. The molecule has 1 rings (SSSR count). The second-order valence-electron chi connectivity index (χ2n) is 3.57. The summed E-state index contributed by atoms with van der Waals surface area (Å²) >= 11 is 0. The number of hydrogen-bond donors (Lipinski definition) is 0. The molecule has 0 amide bonds. The van der Waals surface area contributed by atoms with Crippen LogP contribution in [0.3, 0.4) is 0 Å². The molecular formula is C12H15NO5. The van der Waals surface area contributed by atoms with Crippen LogP contribution in [0.4, 0.5) is 0 Å². The number of ether oxygens (including phenoxy) is 2. The van der Waals surface area contributed by atoms with Crippen LogP contribution in [-0.2, 0) is 16.0 Å². The highest BCUT2D eigenvalue weighted by atomic mass is 16.6. The van der Waals surface area contributed by atoms with Gasteiger partial charge in [0.15, 0.2) is 0 Å². The van der Waals surface area contributed by atoms with E-state index in [1.165, 1.54) is 7.11 Å². The number of nitro groups is 1. The number of rotatable bonds is 6. The maximum atomic E-state index is 11.5. The molecule has 0 radical (unpaired) electrons. The van der Waals surface area contributed by atoms with E-state index in [0.717, 1.165) is 0 Å². The second-order valence-corrected chi connectivity index (χ2v) is 3.57. The third-order valence-electron chi connectivity index (χ3n) is 2.42. The standard InChI is InChI=1S/C12H15NO5/c1-3-18-12(14)10(13(15)16)8-9-6-4-5-7-11(9)17-2/h4-7,10H,3,8H2,1-2H3. The fraction of sp³-hybridized carbons (Fsp3) is 0.417. The molecule has 1 aromatic rings. The fourth-order valence-electron chi connectivity index (χ4n) is 1.56. The van der Waals surface area contributed by atoms with Crippen LogP contribution >= 0.6 is 0 Å². The third kappa shape index (κ3) is 3.44. The molecule has 0 spiro atoms. The molecular weight excluding hydrogens is 238 g/mol. The minimum absolute atomic E-state index is 0.0458. The lowest BCUT2D eigenvalue weighted by Crippen LogP contribution is -2.33. The highest BCUT2D eigenvalue weighted by Crippen LogP contribution is 2.20. The average molecular weight is 253 g/mol. The molecule has 0 aromatic heterocycles. The summed E-state index contributed by atoms with van der Waals surface area (Å²) in [5, 5.41) is 10.9. The van der Waals surface area contributed by atoms with Gasteiger partial charge in [-0.15, -0.1) is 0 Å². The molecule has 6 heteroatoms. The zero-order valence-electron chi connectivity index (χ0n) is 10.3. The van der Waals surface area contributed by atoms with Gasteiger partial charge in [-0.3, -0.25) is 10.1 Å². The van der Waals surface area contributed by atoms with Crippen molar-refractivity contribution in [1.29, 1.82) is 0 Å². The van der Waals surface area contributed by atoms with Crippen LogP contribution in [0.25, 0.3) is 0 Å². The second kappa shape index (κ2) is 6.58. The number of carbonyl (C=O) groups is 1. The molecule has 1 aromatic carbocycles. The molecule has 0 fully saturated rings. The van der Waals surface area contributed by atoms with E-state index >= 15 is 0 Å². The van der Waals surface area contributed by atoms with Gasteiger partial charge in [0.1, 0.15) is 5.75 Å². The number of methoxy groups -OCH3 is 1. The van der Waals surface area contributed by atoms with Crippen molar-refractivity contribution in [3.8, 4) is 5.75 Å². The van der Waals surface area contributed by atoms with Crippen molar-refractivity contribution in [3.63, 3.8) is 0 Å². The van der Waals surface area contributed by atoms with E-state index in [4.69, 9.17) is 4.74 Å². The largest absolute Gasteiger partial charge is 0.496 e. The van der Waals surface area contributed by atoms with E-state index < -0.39 is 16.9 Å². The number of carbonyl (C=O) groups excluding carboxylic acids is 1. The Balaban J connectivity index is 2.90. The summed E-state index contributed by atoms with van der Waals surface area (Å²) in [7, 11) is 1.48. The van der Waals surface area contributed by atoms with Crippen LogP contribution in [0.5, 0.6) is 5.75 Å². The van der Waals surface area contributed by atoms with Gasteiger partial charge < -0.3 is 9.47 Å². The Hall–Kier alpha value is -2.11. The summed E-state index contributed by atoms with van der Waals surface area (Å²) in [4.78, 5) is 21.7. The predicted molar refractivity (Wildman–Crippen MR) is 64.1 cm³/mol. The number of benzene rings is 1. The molecule has 0 bridgehead atoms. The molecule has 0 saturated carbocycles. The van der Waals surface area contributed by atoms with E-state index in [1.54, 1.807) is 31.2 Å². The maximum absolute atomic E-state index is 11.5. The summed E-state index contributed by atoms with van der Waals surface area (Å²) in [5.41, 5.74) is 0.606. The van der Waals surface area contributed by atoms with E-state index in [1.807, 2.05) is 0 Å². The summed E-state index contributed by atoms with van der Waals surface area (Å²) in [6, 6.07) is 5.47. The van der Waals surface area contributed by atoms with E-state index in [9.17, 15) is 14.9 Å². The number of esters is 1. The van der Waals surface area contributed by atoms with Gasteiger partial charge in [-0.1, -0.05) is 18.2 Å². The fourth-order valence-corrected chi connectivity index (χ4v) is 1.56. The molecule has 0 heterocycles. The molecule has 0 saturated heterocycles. The van der Waals surface area contributed by atoms with Crippen LogP contribution in [0.1, 0.15) is 12.5 Å². The van der Waals surface area contributed by atoms with Crippen LogP contribution in [0, 0.1) is 10.1 Å². The number of hydrogen-bond acceptors (Lipinski definition) is 5. The Morgan fingerprint density at radius 1 is 1.44 bits per heavy atom. The lowest BCUT2D eigenvalue weighted by molar-refractivity contribution is -0.510. The molecule has 0 aliphatic rings. The summed E-state index contributed by atoms with van der Waals surface area (Å²) in [5.74, 6) is -0.304. The van der Waals surface area contributed by atoms with Crippen LogP contribution in [0.2, 0.25) is 0 Å². The van der Waals surface area contributed by atoms with Crippen molar-refractivity contribution in [3.05, 3.63) is 39.9 Å². The van der Waals surface area contributed by atoms with Crippen molar-refractivity contribution in [2.75, 3.05) is 13.7 Å². The van der Waals surface area contributed by atoms with Crippen molar-refractivity contribution in [1.82, 2.24) is 0 Å². The Bertz CT molecular complexity index is 432. The lowest BCUT2D eigenvalue weighted by atomic mass is 10.1. The smallest absolute Gasteiger partial charge is 0.382 e. The number of nitrogens with zero attached hydrogens (tertiary/aromatic N) is 1. The topological polar surface area (TPSA) is 78.7 Å². The first-order valence-electron chi connectivity index (χ1n) is 5.52. The summed E-state index contributed by atoms with van der Waals surface area (Å²) in [6.07, 6.45) is -0.0458. The van der Waals surface area contributed by atoms with Crippen molar-refractivity contribution < 1.29 is 19.2 Å². The van der Waals surface area contributed by atoms with Gasteiger partial charge >= 0.3 is 12.0 Å². The minimum Gasteiger partial charge on any atom is -0.496 e. The first-order chi connectivity index (χ1) is 8.60. The monoisotopic (exact) mass is 253 g/mol. The normalized spacial score (nSPS) is 11.7. The van der Waals surface area contributed by atoms with Crippen LogP contribution in [0.15, 0.2) is 24.3 Å². The van der Waals surface area contributed by atoms with Crippen molar-refractivity contribution in [2.24, 2.45) is 0 Å². The lowest BCUT2D eigenvalue weighted by Gasteiger charge is -2.11. The highest BCUT2D eigenvalue weighted by molar-refractivity contribution is 5.74. The van der Waals surface area contributed by atoms with Crippen LogP contribution < -0.4 is 4.74 Å². The third-order valence-corrected chi connectivity index (χ3v) is 2.42. The molecule has 0 aliphatic heterocycles. The maximum Gasteiger partial charge on any atom is 0.382 e. The summed E-state index contributed by atoms with van der Waals surface area (Å²) < 4.78 is 9.78. The zero-order valence-corrected chi connectivity index (χ0v) is 10.3. The van der Waals surface area contributed by atoms with Gasteiger partial charge in [0.05, 0.1) is 20.1 Å². The Labute approximate surface area is 105 Å². The molecule has 18 heavy (non-hydrogen) atoms. The Morgan fingerprint density at radius 2 is 2.11 bits per heavy atom. The Kier molecular flexibility index (Phi) is 5.10. The van der Waals surface area contributed by atoms with Gasteiger partial charge in [0.25, 0.3) is 0 Å². The van der Waals surface area contributed by atoms with Gasteiger partial charge in [-0.05, 0) is 13.0 Å². The average Bonchev–Trinajstić information content (AvgIpc) is 2.36. The quantitative estimate of drug-likeness (QED) is 0.435. The van der Waals surface area contributed by atoms with Gasteiger partial charge in [0, 0.05) is 10.5 Å². The molecule has 0 N–H and O–H groups in total. The zero-order chi connectivity index (χ0) is 13.5. The minimum atomic E-state index is -1.40. The molecule has 98 valence electrons. The van der Waals surface area contributed by atoms with Gasteiger partial charge in [-0.2, -0.15) is 0 Å². The Morgan fingerprint density at radius 3 is 2.67 bits per heavy atom. The van der Waals surface area contributed by atoms with E-state index in [-0.39, 0.29) is 13.0 Å². The first-order valence-corrected chi connectivity index (χ1v) is 5.52. The van der Waals surface area contributed by atoms with Gasteiger partial charge in [-0.25, -0.2) is 4.79 Å². The first kappa shape index (κ1) is 14.0. The van der Waals surface area contributed by atoms with E-state index in [2.05, 4.69) is 4.74 Å². The molecule has 1 unspecified atom stereocenters. The van der Waals surface area contributed by atoms with E-state index in [0.29, 0.717) is 11.3 Å². The summed E-state index contributed by atoms with van der Waals surface area (Å²) in [6.45, 7) is 1.73. The van der Waals surface area contributed by atoms with Crippen molar-refractivity contribution >= 4 is 5.97 Å². The highest BCUT2D eigenvalue weighted by Gasteiger charge is 2.32. The predicted octanol–water partition coefficient (Wildman–Crippen LogP) is 1.45. The molecule has 6 nitrogen and oxygen atoms in total. The van der Waals surface area contributed by atoms with Crippen LogP contribution in [-0.4, -0.2) is 30.7 Å². The SMILES string of the molecule is CCOC(=O)C(Cc1ccccc1OC)[N+](=O)[O-]. The van der Waals surface area contributed by atoms with Gasteiger partial charge in [0.2, 0.25) is 0 Å². The molecule has 0 aliphatic carbocycles. The molecule has 1 atom stereocenters. The van der Waals surface area contributed by atoms with Crippen molar-refractivity contribution in [2.45, 2.75) is 19.4 Å².